The fraction of sp³-hybridized carbons (Fsp3) is 0.250. The largest absolute Gasteiger partial charge is 0.454 e. The first-order valence-electron chi connectivity index (χ1n) is 3.77. The molecule has 2 nitrogen and oxygen atoms in total. The Labute approximate surface area is 84.9 Å². The number of carbonyl (C=O) groups excluding carboxylic acids is 1. The van der Waals surface area contributed by atoms with Crippen LogP contribution in [-0.2, 0) is 6.18 Å². The van der Waals surface area contributed by atoms with Crippen LogP contribution in [0.2, 0.25) is 0 Å². The van der Waals surface area contributed by atoms with Gasteiger partial charge in [-0.2, -0.15) is 26.3 Å². The van der Waals surface area contributed by atoms with E-state index in [1.165, 1.54) is 0 Å². The average Bonchev–Trinajstić information content (AvgIpc) is 2.14. The molecule has 0 bridgehead atoms. The number of nitrogens with zero attached hydrogens (tertiary/aromatic N) is 1. The molecule has 0 aliphatic carbocycles. The third-order valence-corrected chi connectivity index (χ3v) is 1.63. The highest BCUT2D eigenvalue weighted by Crippen LogP contribution is 2.34. The predicted molar refractivity (Wildman–Crippen MR) is 39.6 cm³/mol. The third-order valence-electron chi connectivity index (χ3n) is 1.63. The SMILES string of the molecule is O=C(c1cnccc1C(F)(F)F)C(F)(F)F. The summed E-state index contributed by atoms with van der Waals surface area (Å²) in [5.41, 5.74) is -3.15. The molecule has 0 aromatic carbocycles. The summed E-state index contributed by atoms with van der Waals surface area (Å²) in [6.07, 6.45) is -9.48. The lowest BCUT2D eigenvalue weighted by Gasteiger charge is -2.12. The zero-order valence-electron chi connectivity index (χ0n) is 7.36. The number of rotatable bonds is 1. The van der Waals surface area contributed by atoms with Gasteiger partial charge >= 0.3 is 12.4 Å². The molecule has 88 valence electrons. The molecule has 16 heavy (non-hydrogen) atoms. The Morgan fingerprint density at radius 1 is 1.12 bits per heavy atom. The second-order valence-corrected chi connectivity index (χ2v) is 2.75. The van der Waals surface area contributed by atoms with Crippen molar-refractivity contribution in [2.24, 2.45) is 0 Å². The maximum absolute atomic E-state index is 12.2. The van der Waals surface area contributed by atoms with E-state index in [-0.39, 0.29) is 6.20 Å². The van der Waals surface area contributed by atoms with Crippen molar-refractivity contribution in [3.8, 4) is 0 Å². The number of carbonyl (C=O) groups is 1. The van der Waals surface area contributed by atoms with Crippen molar-refractivity contribution >= 4 is 5.78 Å². The Morgan fingerprint density at radius 3 is 2.12 bits per heavy atom. The zero-order chi connectivity index (χ0) is 12.6. The molecule has 0 atom stereocenters. The van der Waals surface area contributed by atoms with Gasteiger partial charge in [-0.15, -0.1) is 0 Å². The van der Waals surface area contributed by atoms with Gasteiger partial charge in [-0.3, -0.25) is 9.78 Å². The van der Waals surface area contributed by atoms with Gasteiger partial charge in [0.05, 0.1) is 11.1 Å². The van der Waals surface area contributed by atoms with Gasteiger partial charge in [-0.05, 0) is 6.07 Å². The smallest absolute Gasteiger partial charge is 0.284 e. The first-order valence-corrected chi connectivity index (χ1v) is 3.77. The maximum Gasteiger partial charge on any atom is 0.454 e. The summed E-state index contributed by atoms with van der Waals surface area (Å²) in [5, 5.41) is 0. The lowest BCUT2D eigenvalue weighted by atomic mass is 10.1. The van der Waals surface area contributed by atoms with Crippen molar-refractivity contribution in [2.45, 2.75) is 12.4 Å². The van der Waals surface area contributed by atoms with E-state index in [0.29, 0.717) is 12.3 Å². The van der Waals surface area contributed by atoms with Gasteiger partial charge in [0.25, 0.3) is 5.78 Å². The molecule has 1 aromatic rings. The van der Waals surface area contributed by atoms with Crippen LogP contribution >= 0.6 is 0 Å². The normalized spacial score (nSPS) is 12.6. The van der Waals surface area contributed by atoms with E-state index in [4.69, 9.17) is 0 Å². The van der Waals surface area contributed by atoms with E-state index in [0.717, 1.165) is 0 Å². The van der Waals surface area contributed by atoms with E-state index >= 15 is 0 Å². The van der Waals surface area contributed by atoms with Gasteiger partial charge in [0.2, 0.25) is 0 Å². The number of hydrogen-bond acceptors (Lipinski definition) is 2. The highest BCUT2D eigenvalue weighted by atomic mass is 19.4. The van der Waals surface area contributed by atoms with Crippen molar-refractivity contribution in [1.29, 1.82) is 0 Å². The first kappa shape index (κ1) is 12.5. The minimum Gasteiger partial charge on any atom is -0.284 e. The van der Waals surface area contributed by atoms with Gasteiger partial charge in [0.1, 0.15) is 0 Å². The minimum atomic E-state index is -5.36. The van der Waals surface area contributed by atoms with Crippen LogP contribution in [0.5, 0.6) is 0 Å². The van der Waals surface area contributed by atoms with Gasteiger partial charge in [-0.25, -0.2) is 0 Å². The quantitative estimate of drug-likeness (QED) is 0.560. The van der Waals surface area contributed by atoms with E-state index in [1.54, 1.807) is 0 Å². The molecule has 1 rings (SSSR count). The molecular weight excluding hydrogens is 240 g/mol. The average molecular weight is 243 g/mol. The fourth-order valence-corrected chi connectivity index (χ4v) is 0.975. The molecule has 0 amide bonds. The number of halogens is 6. The Hall–Kier alpha value is -1.60. The predicted octanol–water partition coefficient (Wildman–Crippen LogP) is 2.85. The molecule has 0 spiro atoms. The number of aromatic nitrogens is 1. The van der Waals surface area contributed by atoms with Crippen molar-refractivity contribution in [1.82, 2.24) is 4.98 Å². The van der Waals surface area contributed by atoms with Crippen LogP contribution in [0.15, 0.2) is 18.5 Å². The Kier molecular flexibility index (Phi) is 2.93. The second-order valence-electron chi connectivity index (χ2n) is 2.75. The van der Waals surface area contributed by atoms with Crippen LogP contribution in [0.4, 0.5) is 26.3 Å². The van der Waals surface area contributed by atoms with Gasteiger partial charge in [-0.1, -0.05) is 0 Å². The molecular formula is C8H3F6NO. The van der Waals surface area contributed by atoms with Crippen molar-refractivity contribution in [3.05, 3.63) is 29.6 Å². The van der Waals surface area contributed by atoms with Crippen molar-refractivity contribution in [3.63, 3.8) is 0 Å². The third kappa shape index (κ3) is 2.50. The Balaban J connectivity index is 3.31. The lowest BCUT2D eigenvalue weighted by Crippen LogP contribution is -2.26. The fourth-order valence-electron chi connectivity index (χ4n) is 0.975. The Morgan fingerprint density at radius 2 is 1.69 bits per heavy atom. The molecule has 8 heteroatoms. The molecule has 1 aromatic heterocycles. The molecule has 0 saturated carbocycles. The second kappa shape index (κ2) is 3.76. The maximum atomic E-state index is 12.2. The van der Waals surface area contributed by atoms with Crippen molar-refractivity contribution < 1.29 is 31.1 Å². The zero-order valence-corrected chi connectivity index (χ0v) is 7.36. The van der Waals surface area contributed by atoms with Crippen LogP contribution < -0.4 is 0 Å². The first-order chi connectivity index (χ1) is 7.14. The summed E-state index contributed by atoms with van der Waals surface area (Å²) >= 11 is 0. The van der Waals surface area contributed by atoms with Crippen LogP contribution in [0.3, 0.4) is 0 Å². The highest BCUT2D eigenvalue weighted by Gasteiger charge is 2.44. The lowest BCUT2D eigenvalue weighted by molar-refractivity contribution is -0.138. The van der Waals surface area contributed by atoms with Gasteiger partial charge in [0.15, 0.2) is 0 Å². The summed E-state index contributed by atoms with van der Waals surface area (Å²) in [4.78, 5) is 13.7. The van der Waals surface area contributed by atoms with E-state index in [9.17, 15) is 31.1 Å². The van der Waals surface area contributed by atoms with Crippen LogP contribution in [0, 0.1) is 0 Å². The highest BCUT2D eigenvalue weighted by molar-refractivity contribution is 6.01. The van der Waals surface area contributed by atoms with E-state index < -0.39 is 29.3 Å². The molecule has 0 aliphatic rings. The summed E-state index contributed by atoms with van der Waals surface area (Å²) < 4.78 is 72.6. The van der Waals surface area contributed by atoms with Gasteiger partial charge in [0, 0.05) is 12.4 Å². The van der Waals surface area contributed by atoms with Crippen LogP contribution in [0.1, 0.15) is 15.9 Å². The summed E-state index contributed by atoms with van der Waals surface area (Å²) in [7, 11) is 0. The number of hydrogen-bond donors (Lipinski definition) is 0. The number of Topliss-reactive ketones (excluding diaryl/α,β-unsaturated/α-hetero) is 1. The molecule has 0 fully saturated rings. The number of ketones is 1. The molecule has 0 unspecified atom stereocenters. The van der Waals surface area contributed by atoms with Gasteiger partial charge < -0.3 is 0 Å². The molecule has 0 saturated heterocycles. The summed E-state index contributed by atoms with van der Waals surface area (Å²) in [6.45, 7) is 0. The van der Waals surface area contributed by atoms with E-state index in [2.05, 4.69) is 4.98 Å². The van der Waals surface area contributed by atoms with Crippen LogP contribution in [-0.4, -0.2) is 16.9 Å². The Bertz CT molecular complexity index is 408. The number of pyridine rings is 1. The standard InChI is InChI=1S/C8H3F6NO/c9-7(10,11)5-1-2-15-3-4(5)6(16)8(12,13)14/h1-3H. The summed E-state index contributed by atoms with van der Waals surface area (Å²) in [6, 6.07) is 0.318. The van der Waals surface area contributed by atoms with Crippen molar-refractivity contribution in [2.75, 3.05) is 0 Å². The molecule has 1 heterocycles. The number of alkyl halides is 6. The minimum absolute atomic E-state index is 0.249. The summed E-state index contributed by atoms with van der Waals surface area (Å²) in [5.74, 6) is -2.56. The van der Waals surface area contributed by atoms with Crippen LogP contribution in [0.25, 0.3) is 0 Å². The molecule has 0 N–H and O–H groups in total. The topological polar surface area (TPSA) is 30.0 Å². The molecule has 0 radical (unpaired) electrons. The van der Waals surface area contributed by atoms with E-state index in [1.807, 2.05) is 0 Å². The molecule has 0 aliphatic heterocycles. The monoisotopic (exact) mass is 243 g/mol.